The first-order chi connectivity index (χ1) is 6.81. The molecule has 0 N–H and O–H groups in total. The van der Waals surface area contributed by atoms with Crippen LogP contribution < -0.4 is 0 Å². The highest BCUT2D eigenvalue weighted by Crippen LogP contribution is 2.27. The second-order valence-corrected chi connectivity index (χ2v) is 5.51. The van der Waals surface area contributed by atoms with Crippen LogP contribution in [0.15, 0.2) is 0 Å². The van der Waals surface area contributed by atoms with Gasteiger partial charge in [0.2, 0.25) is 0 Å². The number of ether oxygens (including phenoxy) is 1. The number of hydrogen-bond donors (Lipinski definition) is 0. The largest absolute Gasteiger partial charge is 0.462 e. The lowest BCUT2D eigenvalue weighted by Gasteiger charge is -2.26. The molecule has 0 aromatic heterocycles. The fourth-order valence-corrected chi connectivity index (χ4v) is 3.71. The van der Waals surface area contributed by atoms with E-state index < -0.39 is 10.8 Å². The van der Waals surface area contributed by atoms with Crippen molar-refractivity contribution in [2.75, 3.05) is 5.75 Å². The van der Waals surface area contributed by atoms with Crippen molar-refractivity contribution in [2.24, 2.45) is 0 Å². The third-order valence-corrected chi connectivity index (χ3v) is 4.64. The van der Waals surface area contributed by atoms with E-state index in [0.29, 0.717) is 0 Å². The Morgan fingerprint density at radius 2 is 2.14 bits per heavy atom. The summed E-state index contributed by atoms with van der Waals surface area (Å²) in [6.07, 6.45) is 5.39. The summed E-state index contributed by atoms with van der Waals surface area (Å²) in [6, 6.07) is 0. The first-order valence-electron chi connectivity index (χ1n) is 5.06. The Kier molecular flexibility index (Phi) is 2.99. The van der Waals surface area contributed by atoms with Crippen LogP contribution in [0, 0.1) is 0 Å². The summed E-state index contributed by atoms with van der Waals surface area (Å²) >= 11 is 0. The lowest BCUT2D eigenvalue weighted by molar-refractivity contribution is -0.0535. The number of rotatable bonds is 0. The molecule has 0 aromatic carbocycles. The van der Waals surface area contributed by atoms with Gasteiger partial charge < -0.3 is 10.3 Å². The Morgan fingerprint density at radius 1 is 1.36 bits per heavy atom. The van der Waals surface area contributed by atoms with Gasteiger partial charge in [-0.25, -0.2) is 0 Å². The number of hydrogen-bond acceptors (Lipinski definition) is 2. The second-order valence-electron chi connectivity index (χ2n) is 3.85. The Morgan fingerprint density at radius 3 is 2.93 bits per heavy atom. The highest BCUT2D eigenvalue weighted by Gasteiger charge is 2.39. The van der Waals surface area contributed by atoms with Crippen molar-refractivity contribution < 1.29 is 13.7 Å². The number of nitrogens with zero attached hydrogens (tertiary/aromatic N) is 2. The molecular weight excluding hydrogens is 200 g/mol. The first kappa shape index (κ1) is 9.87. The molecule has 0 bridgehead atoms. The maximum Gasteiger partial charge on any atom is 0.462 e. The van der Waals surface area contributed by atoms with Crippen molar-refractivity contribution in [3.63, 3.8) is 0 Å². The van der Waals surface area contributed by atoms with Gasteiger partial charge in [-0.05, 0) is 19.3 Å². The van der Waals surface area contributed by atoms with Crippen LogP contribution in [0.5, 0.6) is 0 Å². The summed E-state index contributed by atoms with van der Waals surface area (Å²) in [5.41, 5.74) is 8.60. The summed E-state index contributed by atoms with van der Waals surface area (Å²) in [5.74, 6) is 0.518. The first-order valence-corrected chi connectivity index (χ1v) is 6.44. The monoisotopic (exact) mass is 214 g/mol. The molecular formula is C9H14N2O2S. The molecule has 3 atom stereocenters. The lowest BCUT2D eigenvalue weighted by atomic mass is 10.1. The minimum absolute atomic E-state index is 0.0120. The molecule has 0 radical (unpaired) electrons. The minimum atomic E-state index is -0.914. The van der Waals surface area contributed by atoms with E-state index in [1.54, 1.807) is 0 Å². The molecule has 5 heteroatoms. The maximum absolute atomic E-state index is 11.8. The van der Waals surface area contributed by atoms with Crippen LogP contribution in [0.4, 0.5) is 0 Å². The molecule has 1 saturated carbocycles. The molecule has 1 saturated heterocycles. The van der Waals surface area contributed by atoms with Crippen LogP contribution in [0.25, 0.3) is 5.53 Å². The van der Waals surface area contributed by atoms with Crippen LogP contribution in [-0.2, 0) is 15.5 Å². The van der Waals surface area contributed by atoms with Crippen molar-refractivity contribution >= 4 is 16.7 Å². The van der Waals surface area contributed by atoms with Crippen LogP contribution in [0.3, 0.4) is 0 Å². The summed E-state index contributed by atoms with van der Waals surface area (Å²) in [7, 11) is -0.914. The van der Waals surface area contributed by atoms with E-state index in [1.165, 1.54) is 6.42 Å². The van der Waals surface area contributed by atoms with Crippen LogP contribution in [0.1, 0.15) is 32.1 Å². The van der Waals surface area contributed by atoms with Crippen LogP contribution in [0.2, 0.25) is 0 Å². The Hall–Kier alpha value is -0.670. The normalized spacial score (nSPS) is 37.7. The zero-order valence-corrected chi connectivity index (χ0v) is 8.83. The fraction of sp³-hybridized carbons (Fsp3) is 0.889. The summed E-state index contributed by atoms with van der Waals surface area (Å²) in [5, 5.41) is 0.156. The van der Waals surface area contributed by atoms with E-state index in [4.69, 9.17) is 10.3 Å². The average Bonchev–Trinajstić information content (AvgIpc) is 2.42. The minimum Gasteiger partial charge on any atom is -0.431 e. The molecule has 0 aromatic rings. The Balaban J connectivity index is 2.16. The van der Waals surface area contributed by atoms with Gasteiger partial charge in [0, 0.05) is 10.8 Å². The van der Waals surface area contributed by atoms with Gasteiger partial charge in [-0.3, -0.25) is 4.21 Å². The molecule has 1 unspecified atom stereocenters. The molecule has 4 nitrogen and oxygen atoms in total. The van der Waals surface area contributed by atoms with E-state index >= 15 is 0 Å². The predicted octanol–water partition coefficient (Wildman–Crippen LogP) is 1.09. The predicted molar refractivity (Wildman–Crippen MR) is 53.4 cm³/mol. The van der Waals surface area contributed by atoms with Crippen LogP contribution >= 0.6 is 0 Å². The maximum atomic E-state index is 11.8. The number of fused-ring (bicyclic) bond motifs is 1. The molecule has 1 aliphatic carbocycles. The molecule has 78 valence electrons. The van der Waals surface area contributed by atoms with Crippen molar-refractivity contribution in [2.45, 2.75) is 43.5 Å². The quantitative estimate of drug-likeness (QED) is 0.447. The van der Waals surface area contributed by atoms with Gasteiger partial charge in [0.05, 0.1) is 5.25 Å². The molecule has 1 heterocycles. The lowest BCUT2D eigenvalue weighted by Crippen LogP contribution is -2.42. The Bertz CT molecular complexity index is 299. The summed E-state index contributed by atoms with van der Waals surface area (Å²) < 4.78 is 17.3. The van der Waals surface area contributed by atoms with Gasteiger partial charge in [-0.1, -0.05) is 12.8 Å². The van der Waals surface area contributed by atoms with E-state index in [0.717, 1.165) is 25.7 Å². The van der Waals surface area contributed by atoms with Gasteiger partial charge in [-0.2, -0.15) is 0 Å². The van der Waals surface area contributed by atoms with Crippen molar-refractivity contribution in [1.82, 2.24) is 0 Å². The van der Waals surface area contributed by atoms with Crippen LogP contribution in [-0.4, -0.2) is 32.0 Å². The topological polar surface area (TPSA) is 62.7 Å². The highest BCUT2D eigenvalue weighted by atomic mass is 32.2. The molecule has 14 heavy (non-hydrogen) atoms. The van der Waals surface area contributed by atoms with E-state index in [2.05, 4.69) is 4.79 Å². The highest BCUT2D eigenvalue weighted by molar-refractivity contribution is 7.86. The zero-order valence-electron chi connectivity index (χ0n) is 8.02. The van der Waals surface area contributed by atoms with Crippen molar-refractivity contribution in [3.05, 3.63) is 5.53 Å². The van der Waals surface area contributed by atoms with Gasteiger partial charge in [0.15, 0.2) is 5.75 Å². The molecule has 1 aliphatic heterocycles. The molecule has 2 rings (SSSR count). The van der Waals surface area contributed by atoms with E-state index in [9.17, 15) is 4.21 Å². The van der Waals surface area contributed by atoms with Gasteiger partial charge in [0.1, 0.15) is 6.10 Å². The standard InChI is InChI=1S/C9H14N2O2S/c10-11-9-6-14(12)8-5-3-1-2-4-7(8)13-9/h7-8H,1-6H2/t7-,8-,14?/m1/s1. The Labute approximate surface area is 85.7 Å². The zero-order chi connectivity index (χ0) is 9.97. The third-order valence-electron chi connectivity index (χ3n) is 2.89. The molecule has 2 fully saturated rings. The summed E-state index contributed by atoms with van der Waals surface area (Å²) in [6.45, 7) is 0. The fourth-order valence-electron chi connectivity index (χ4n) is 2.17. The van der Waals surface area contributed by atoms with E-state index in [-0.39, 0.29) is 23.0 Å². The van der Waals surface area contributed by atoms with Gasteiger partial charge >= 0.3 is 5.90 Å². The smallest absolute Gasteiger partial charge is 0.431 e. The molecule has 2 aliphatic rings. The van der Waals surface area contributed by atoms with Gasteiger partial charge in [0.25, 0.3) is 0 Å². The van der Waals surface area contributed by atoms with Gasteiger partial charge in [-0.15, -0.1) is 4.79 Å². The third kappa shape index (κ3) is 1.88. The molecule has 0 amide bonds. The second kappa shape index (κ2) is 4.24. The van der Waals surface area contributed by atoms with Crippen molar-refractivity contribution in [1.29, 1.82) is 0 Å². The van der Waals surface area contributed by atoms with Crippen molar-refractivity contribution in [3.8, 4) is 0 Å². The average molecular weight is 214 g/mol. The summed E-state index contributed by atoms with van der Waals surface area (Å²) in [4.78, 5) is 3.02. The SMILES string of the molecule is [N-]=[N+]=C1CS(=O)[C@@H]2CCCCC[C@H]2O1. The molecule has 0 spiro atoms. The van der Waals surface area contributed by atoms with E-state index in [1.807, 2.05) is 0 Å².